The molecule has 1 nitrogen and oxygen atoms in total. The number of unbranched alkanes of at least 4 members (excludes halogenated alkanes) is 3. The highest BCUT2D eigenvalue weighted by Crippen LogP contribution is 2.45. The molecule has 0 aromatic heterocycles. The van der Waals surface area contributed by atoms with Crippen LogP contribution in [0, 0.1) is 28.6 Å². The second-order valence-corrected chi connectivity index (χ2v) is 10.9. The summed E-state index contributed by atoms with van der Waals surface area (Å²) in [7, 11) is 0. The molecule has 0 bridgehead atoms. The van der Waals surface area contributed by atoms with E-state index >= 15 is 0 Å². The Kier molecular flexibility index (Phi) is 9.95. The Morgan fingerprint density at radius 1 is 0.806 bits per heavy atom. The van der Waals surface area contributed by atoms with Crippen LogP contribution in [0.4, 0.5) is 0 Å². The zero-order valence-corrected chi connectivity index (χ0v) is 20.5. The first-order valence-corrected chi connectivity index (χ1v) is 13.7. The number of aryl methyl sites for hydroxylation is 1. The van der Waals surface area contributed by atoms with Gasteiger partial charge in [-0.25, -0.2) is 0 Å². The quantitative estimate of drug-likeness (QED) is 0.326. The molecule has 0 aliphatic heterocycles. The van der Waals surface area contributed by atoms with Crippen LogP contribution in [-0.4, -0.2) is 0 Å². The van der Waals surface area contributed by atoms with Gasteiger partial charge in [-0.2, -0.15) is 5.26 Å². The third-order valence-electron chi connectivity index (χ3n) is 8.66. The minimum absolute atomic E-state index is 0.0266. The maximum Gasteiger partial charge on any atom is 0.0689 e. The minimum atomic E-state index is -0.0266. The van der Waals surface area contributed by atoms with Crippen molar-refractivity contribution in [1.82, 2.24) is 0 Å². The zero-order chi connectivity index (χ0) is 21.9. The fraction of sp³-hybridized carbons (Fsp3) is 0.767. The average Bonchev–Trinajstić information content (AvgIpc) is 2.83. The normalized spacial score (nSPS) is 28.9. The molecule has 0 spiro atoms. The topological polar surface area (TPSA) is 23.8 Å². The highest BCUT2D eigenvalue weighted by Gasteiger charge is 2.35. The van der Waals surface area contributed by atoms with Gasteiger partial charge in [0.25, 0.3) is 0 Å². The van der Waals surface area contributed by atoms with Crippen molar-refractivity contribution in [3.8, 4) is 6.07 Å². The molecule has 1 aromatic carbocycles. The van der Waals surface area contributed by atoms with Crippen LogP contribution in [-0.2, 0) is 6.42 Å². The molecule has 0 unspecified atom stereocenters. The molecule has 0 heterocycles. The molecule has 1 heteroatoms. The maximum atomic E-state index is 9.80. The fourth-order valence-corrected chi connectivity index (χ4v) is 6.26. The predicted octanol–water partition coefficient (Wildman–Crippen LogP) is 9.36. The SMILES string of the molecule is CCCCCC1(C#N)CCC(c2ccc(CC[C@H]3CC[C@H](CCCC)CC3)cc2)CC1. The van der Waals surface area contributed by atoms with Gasteiger partial charge in [0.05, 0.1) is 11.5 Å². The number of rotatable bonds is 11. The molecule has 0 radical (unpaired) electrons. The Morgan fingerprint density at radius 3 is 2.00 bits per heavy atom. The minimum Gasteiger partial charge on any atom is -0.198 e. The summed E-state index contributed by atoms with van der Waals surface area (Å²) in [6, 6.07) is 12.3. The van der Waals surface area contributed by atoms with E-state index in [9.17, 15) is 5.26 Å². The number of benzene rings is 1. The summed E-state index contributed by atoms with van der Waals surface area (Å²) in [5.74, 6) is 2.65. The number of nitriles is 1. The second-order valence-electron chi connectivity index (χ2n) is 10.9. The van der Waals surface area contributed by atoms with E-state index in [1.54, 1.807) is 0 Å². The van der Waals surface area contributed by atoms with Crippen molar-refractivity contribution < 1.29 is 0 Å². The highest BCUT2D eigenvalue weighted by molar-refractivity contribution is 5.26. The largest absolute Gasteiger partial charge is 0.198 e. The van der Waals surface area contributed by atoms with Crippen molar-refractivity contribution >= 4 is 0 Å². The van der Waals surface area contributed by atoms with Crippen molar-refractivity contribution in [2.24, 2.45) is 17.3 Å². The van der Waals surface area contributed by atoms with E-state index in [2.05, 4.69) is 44.2 Å². The Balaban J connectivity index is 1.40. The summed E-state index contributed by atoms with van der Waals surface area (Å²) in [5, 5.41) is 9.80. The van der Waals surface area contributed by atoms with Crippen LogP contribution in [0.1, 0.15) is 134 Å². The predicted molar refractivity (Wildman–Crippen MR) is 133 cm³/mol. The van der Waals surface area contributed by atoms with E-state index < -0.39 is 0 Å². The molecule has 2 saturated carbocycles. The van der Waals surface area contributed by atoms with E-state index in [1.165, 1.54) is 101 Å². The third kappa shape index (κ3) is 7.37. The van der Waals surface area contributed by atoms with Gasteiger partial charge in [-0.1, -0.05) is 102 Å². The molecule has 0 saturated heterocycles. The third-order valence-corrected chi connectivity index (χ3v) is 8.66. The Bertz CT molecular complexity index is 651. The number of hydrogen-bond donors (Lipinski definition) is 0. The molecular weight excluding hydrogens is 374 g/mol. The van der Waals surface area contributed by atoms with Gasteiger partial charge < -0.3 is 0 Å². The van der Waals surface area contributed by atoms with Crippen LogP contribution >= 0.6 is 0 Å². The van der Waals surface area contributed by atoms with Crippen molar-refractivity contribution in [2.45, 2.75) is 129 Å². The van der Waals surface area contributed by atoms with Gasteiger partial charge in [0.1, 0.15) is 0 Å². The number of nitrogens with zero attached hydrogens (tertiary/aromatic N) is 1. The summed E-state index contributed by atoms with van der Waals surface area (Å²) >= 11 is 0. The summed E-state index contributed by atoms with van der Waals surface area (Å²) in [6.45, 7) is 4.57. The lowest BCUT2D eigenvalue weighted by Gasteiger charge is -2.35. The molecule has 2 aliphatic rings. The second kappa shape index (κ2) is 12.7. The van der Waals surface area contributed by atoms with Crippen molar-refractivity contribution in [3.05, 3.63) is 35.4 Å². The Hall–Kier alpha value is -1.29. The van der Waals surface area contributed by atoms with Crippen LogP contribution in [0.15, 0.2) is 24.3 Å². The lowest BCUT2D eigenvalue weighted by atomic mass is 9.67. The molecule has 2 aliphatic carbocycles. The molecule has 2 fully saturated rings. The average molecular weight is 422 g/mol. The van der Waals surface area contributed by atoms with Gasteiger partial charge in [-0.05, 0) is 73.8 Å². The molecule has 3 rings (SSSR count). The van der Waals surface area contributed by atoms with Gasteiger partial charge in [0, 0.05) is 0 Å². The molecule has 0 amide bonds. The lowest BCUT2D eigenvalue weighted by Crippen LogP contribution is -2.25. The highest BCUT2D eigenvalue weighted by atomic mass is 14.4. The summed E-state index contributed by atoms with van der Waals surface area (Å²) < 4.78 is 0. The van der Waals surface area contributed by atoms with Crippen molar-refractivity contribution in [3.63, 3.8) is 0 Å². The lowest BCUT2D eigenvalue weighted by molar-refractivity contribution is 0.223. The van der Waals surface area contributed by atoms with E-state index in [1.807, 2.05) is 0 Å². The smallest absolute Gasteiger partial charge is 0.0689 e. The molecule has 0 atom stereocenters. The van der Waals surface area contributed by atoms with Crippen LogP contribution in [0.2, 0.25) is 0 Å². The standard InChI is InChI=1S/C30H47N/c1-3-5-7-21-30(24-31)22-19-29(20-23-30)28-17-15-27(16-18-28)14-13-26-11-9-25(10-12-26)8-6-4-2/h15-18,25-26,29H,3-14,19-23H2,1-2H3/t25-,26-,29?,30?. The summed E-state index contributed by atoms with van der Waals surface area (Å²) in [4.78, 5) is 0. The molecule has 172 valence electrons. The van der Waals surface area contributed by atoms with Gasteiger partial charge in [-0.3, -0.25) is 0 Å². The van der Waals surface area contributed by atoms with Crippen LogP contribution in [0.25, 0.3) is 0 Å². The van der Waals surface area contributed by atoms with Gasteiger partial charge in [0.15, 0.2) is 0 Å². The number of hydrogen-bond acceptors (Lipinski definition) is 1. The van der Waals surface area contributed by atoms with Gasteiger partial charge in [0.2, 0.25) is 0 Å². The maximum absolute atomic E-state index is 9.80. The zero-order valence-electron chi connectivity index (χ0n) is 20.5. The first-order chi connectivity index (χ1) is 15.2. The van der Waals surface area contributed by atoms with E-state index in [4.69, 9.17) is 0 Å². The fourth-order valence-electron chi connectivity index (χ4n) is 6.26. The molecule has 1 aromatic rings. The summed E-state index contributed by atoms with van der Waals surface area (Å²) in [6.07, 6.45) is 22.2. The van der Waals surface area contributed by atoms with Crippen LogP contribution in [0.5, 0.6) is 0 Å². The summed E-state index contributed by atoms with van der Waals surface area (Å²) in [5.41, 5.74) is 3.01. The van der Waals surface area contributed by atoms with Crippen LogP contribution in [0.3, 0.4) is 0 Å². The molecule has 0 N–H and O–H groups in total. The Morgan fingerprint density at radius 2 is 1.42 bits per heavy atom. The van der Waals surface area contributed by atoms with Gasteiger partial charge >= 0.3 is 0 Å². The van der Waals surface area contributed by atoms with E-state index in [-0.39, 0.29) is 5.41 Å². The Labute approximate surface area is 193 Å². The molecular formula is C30H47N. The molecule has 31 heavy (non-hydrogen) atoms. The van der Waals surface area contributed by atoms with Crippen LogP contribution < -0.4 is 0 Å². The van der Waals surface area contributed by atoms with E-state index in [0.717, 1.165) is 31.1 Å². The van der Waals surface area contributed by atoms with Gasteiger partial charge in [-0.15, -0.1) is 0 Å². The van der Waals surface area contributed by atoms with Crippen molar-refractivity contribution in [1.29, 1.82) is 5.26 Å². The first-order valence-electron chi connectivity index (χ1n) is 13.7. The first kappa shape index (κ1) is 24.4. The van der Waals surface area contributed by atoms with E-state index in [0.29, 0.717) is 5.92 Å². The monoisotopic (exact) mass is 421 g/mol. The van der Waals surface area contributed by atoms with Crippen molar-refractivity contribution in [2.75, 3.05) is 0 Å².